The molecule has 55 heavy (non-hydrogen) atoms. The number of anilines is 2. The van der Waals surface area contributed by atoms with Gasteiger partial charge < -0.3 is 40.3 Å². The number of epoxide rings is 1. The first-order valence-corrected chi connectivity index (χ1v) is 18.6. The van der Waals surface area contributed by atoms with Crippen molar-refractivity contribution in [2.45, 2.75) is 82.3 Å². The smallest absolute Gasteiger partial charge is 0.341 e. The molecule has 0 bridgehead atoms. The number of nitrogens with zero attached hydrogens (tertiary/aromatic N) is 3. The van der Waals surface area contributed by atoms with Crippen molar-refractivity contribution in [1.29, 1.82) is 0 Å². The van der Waals surface area contributed by atoms with Gasteiger partial charge in [-0.2, -0.15) is 0 Å². The van der Waals surface area contributed by atoms with Gasteiger partial charge in [0, 0.05) is 42.0 Å². The number of phenols is 1. The number of quaternary nitrogens is 1. The number of phenolic OH excluding ortho intramolecular Hbond substituents is 1. The van der Waals surface area contributed by atoms with Crippen LogP contribution in [0.5, 0.6) is 11.5 Å². The number of hydrogen-bond donors (Lipinski definition) is 5. The Hall–Kier alpha value is -5.57. The van der Waals surface area contributed by atoms with E-state index in [1.165, 1.54) is 11.0 Å². The number of ether oxygens (including phenoxy) is 3. The van der Waals surface area contributed by atoms with E-state index in [9.17, 15) is 19.8 Å². The number of carbonyl (C=O) groups excluding carboxylic acids is 1. The molecule has 14 nitrogen and oxygen atoms in total. The van der Waals surface area contributed by atoms with E-state index in [2.05, 4.69) is 21.2 Å². The Bertz CT molecular complexity index is 2440. The van der Waals surface area contributed by atoms with Crippen molar-refractivity contribution in [3.05, 3.63) is 93.3 Å². The molecule has 2 fully saturated rings. The summed E-state index contributed by atoms with van der Waals surface area (Å²) in [5.74, 6) is -0.276. The van der Waals surface area contributed by atoms with E-state index < -0.39 is 35.3 Å². The van der Waals surface area contributed by atoms with Gasteiger partial charge in [-0.25, -0.2) is 14.8 Å². The van der Waals surface area contributed by atoms with Crippen LogP contribution in [0.3, 0.4) is 0 Å². The van der Waals surface area contributed by atoms with Crippen molar-refractivity contribution in [3.8, 4) is 22.8 Å². The number of aliphatic hydroxyl groups excluding tert-OH is 1. The maximum absolute atomic E-state index is 14.1. The number of allylic oxidation sites excluding steroid dienone is 1. The van der Waals surface area contributed by atoms with Gasteiger partial charge in [0.25, 0.3) is 0 Å². The number of nitrogens with two attached hydrogens (primary N) is 2. The van der Waals surface area contributed by atoms with Crippen molar-refractivity contribution < 1.29 is 38.5 Å². The van der Waals surface area contributed by atoms with Crippen molar-refractivity contribution >= 4 is 34.3 Å². The van der Waals surface area contributed by atoms with E-state index >= 15 is 0 Å². The van der Waals surface area contributed by atoms with Crippen LogP contribution in [0, 0.1) is 12.8 Å². The maximum Gasteiger partial charge on any atom is 0.341 e. The first-order chi connectivity index (χ1) is 26.3. The molecular formula is C41H43N6O8+. The summed E-state index contributed by atoms with van der Waals surface area (Å²) in [7, 11) is 0. The number of esters is 1. The molecule has 0 saturated carbocycles. The molecule has 3 aromatic heterocycles. The van der Waals surface area contributed by atoms with Gasteiger partial charge in [-0.15, -0.1) is 0 Å². The van der Waals surface area contributed by atoms with Gasteiger partial charge in [0.15, 0.2) is 11.0 Å². The van der Waals surface area contributed by atoms with Gasteiger partial charge in [0.1, 0.15) is 76.6 Å². The number of fused-ring (bicyclic) bond motifs is 5. The summed E-state index contributed by atoms with van der Waals surface area (Å²) in [5, 5.41) is 22.2. The Morgan fingerprint density at radius 1 is 1.05 bits per heavy atom. The van der Waals surface area contributed by atoms with Gasteiger partial charge in [0.2, 0.25) is 0 Å². The first-order valence-electron chi connectivity index (χ1n) is 18.6. The van der Waals surface area contributed by atoms with E-state index in [0.717, 1.165) is 34.7 Å². The van der Waals surface area contributed by atoms with Crippen LogP contribution in [0.25, 0.3) is 22.2 Å². The molecule has 0 radical (unpaired) electrons. The number of benzene rings is 1. The summed E-state index contributed by atoms with van der Waals surface area (Å²) in [6.45, 7) is 6.50. The monoisotopic (exact) mass is 747 g/mol. The van der Waals surface area contributed by atoms with E-state index in [4.69, 9.17) is 30.1 Å². The summed E-state index contributed by atoms with van der Waals surface area (Å²) in [5.41, 5.74) is 15.9. The number of rotatable bonds is 7. The van der Waals surface area contributed by atoms with Crippen molar-refractivity contribution in [2.75, 3.05) is 24.6 Å². The van der Waals surface area contributed by atoms with Crippen LogP contribution in [-0.4, -0.2) is 68.4 Å². The molecule has 4 aromatic rings. The lowest BCUT2D eigenvalue weighted by Gasteiger charge is -2.46. The molecule has 5 aliphatic rings. The molecule has 1 aromatic carbocycles. The van der Waals surface area contributed by atoms with Crippen molar-refractivity contribution in [2.24, 2.45) is 10.9 Å². The largest absolute Gasteiger partial charge is 0.507 e. The molecule has 6 atom stereocenters. The summed E-state index contributed by atoms with van der Waals surface area (Å²) >= 11 is 0. The Morgan fingerprint density at radius 3 is 2.67 bits per heavy atom. The standard InChI is InChI=1S/C41H42N6O8/c1-20-8-29(49)36-30(52-20)14-31-35(37(36)50)26-9-22(19-48)15-41(39(51)53-38(26)40(2,3)54-31)32(55-41)5-4-21-10-27(46-33(42)11-21)24-12-25(45-34(43)13-24)17-47-16-23-6-7-44-28(23)18-47/h6-8,10-14,16,22,26,32,38,48,50H,4-5,9,15,17-19H2,1-3H3,(H2,42,46)(H2,43,45)/p+1/t22-,26-,32+,38+,41+/m0/s1. The highest BCUT2D eigenvalue weighted by molar-refractivity contribution is 6.06. The van der Waals surface area contributed by atoms with Crippen LogP contribution >= 0.6 is 0 Å². The summed E-state index contributed by atoms with van der Waals surface area (Å²) in [6.07, 6.45) is 6.28. The zero-order valence-corrected chi connectivity index (χ0v) is 30.8. The van der Waals surface area contributed by atoms with E-state index in [-0.39, 0.29) is 41.1 Å². The minimum absolute atomic E-state index is 0.0339. The third kappa shape index (κ3) is 6.14. The second kappa shape index (κ2) is 12.8. The van der Waals surface area contributed by atoms with Gasteiger partial charge in [-0.3, -0.25) is 14.7 Å². The molecule has 14 heteroatoms. The minimum atomic E-state index is -1.25. The minimum Gasteiger partial charge on any atom is -0.507 e. The third-order valence-electron chi connectivity index (χ3n) is 11.5. The highest BCUT2D eigenvalue weighted by Crippen LogP contribution is 2.55. The quantitative estimate of drug-likeness (QED) is 0.136. The number of aliphatic hydroxyl groups is 1. The van der Waals surface area contributed by atoms with Gasteiger partial charge in [0.05, 0.1) is 23.1 Å². The number of aromatic nitrogens is 2. The molecule has 5 aliphatic heterocycles. The zero-order valence-electron chi connectivity index (χ0n) is 30.8. The van der Waals surface area contributed by atoms with E-state index in [0.29, 0.717) is 60.2 Å². The van der Waals surface area contributed by atoms with Crippen LogP contribution in [0.2, 0.25) is 0 Å². The summed E-state index contributed by atoms with van der Waals surface area (Å²) in [4.78, 5) is 41.9. The number of carbonyl (C=O) groups is 1. The SMILES string of the molecule is Cc1cc(=O)c2c(O)c3c(cc2o1)OC(C)(C)[C@@H]1OC(=O)[C@]2(C[C@@H](CO)C[C@@H]31)O[C@@H]2CCc1cc(N)nc(-c2cc(N)nc(C[NH+]3C=C4C=CN=C4C3)c2)c1. The number of nitrogen functional groups attached to an aromatic ring is 2. The predicted molar refractivity (Wildman–Crippen MR) is 202 cm³/mol. The van der Waals surface area contributed by atoms with Crippen molar-refractivity contribution in [3.63, 3.8) is 0 Å². The Balaban J connectivity index is 0.938. The van der Waals surface area contributed by atoms with Gasteiger partial charge >= 0.3 is 5.97 Å². The van der Waals surface area contributed by atoms with Gasteiger partial charge in [-0.1, -0.05) is 0 Å². The highest BCUT2D eigenvalue weighted by Gasteiger charge is 2.66. The van der Waals surface area contributed by atoms with Crippen LogP contribution in [0.4, 0.5) is 11.6 Å². The maximum atomic E-state index is 14.1. The van der Waals surface area contributed by atoms with Gasteiger partial charge in [-0.05, 0) is 88.3 Å². The third-order valence-corrected chi connectivity index (χ3v) is 11.5. The van der Waals surface area contributed by atoms with Crippen LogP contribution < -0.4 is 26.5 Å². The first kappa shape index (κ1) is 35.2. The number of nitrogens with one attached hydrogen (secondary N) is 1. The number of aliphatic imine (C=N–C) groups is 1. The Kier molecular flexibility index (Phi) is 8.15. The lowest BCUT2D eigenvalue weighted by Crippen LogP contribution is -3.05. The molecular weight excluding hydrogens is 704 g/mol. The lowest BCUT2D eigenvalue weighted by molar-refractivity contribution is -0.848. The van der Waals surface area contributed by atoms with E-state index in [1.54, 1.807) is 19.1 Å². The lowest BCUT2D eigenvalue weighted by atomic mass is 9.73. The molecule has 8 heterocycles. The number of aromatic hydroxyl groups is 1. The molecule has 0 amide bonds. The van der Waals surface area contributed by atoms with Crippen LogP contribution in [0.1, 0.15) is 61.6 Å². The molecule has 0 aliphatic carbocycles. The van der Waals surface area contributed by atoms with Crippen LogP contribution in [0.15, 0.2) is 74.7 Å². The Morgan fingerprint density at radius 2 is 1.87 bits per heavy atom. The average Bonchev–Trinajstić information content (AvgIpc) is 3.41. The topological polar surface area (TPSA) is 213 Å². The second-order valence-electron chi connectivity index (χ2n) is 16.0. The Labute approximate surface area is 316 Å². The zero-order chi connectivity index (χ0) is 38.4. The number of pyridine rings is 2. The molecule has 1 unspecified atom stereocenters. The second-order valence-corrected chi connectivity index (χ2v) is 16.0. The molecule has 1 spiro atoms. The fourth-order valence-electron chi connectivity index (χ4n) is 9.02. The number of hydrogen-bond acceptors (Lipinski definition) is 13. The molecule has 7 N–H and O–H groups in total. The van der Waals surface area contributed by atoms with Crippen LogP contribution in [-0.2, 0) is 27.2 Å². The number of aryl methyl sites for hydroxylation is 2. The highest BCUT2D eigenvalue weighted by atomic mass is 16.7. The van der Waals surface area contributed by atoms with E-state index in [1.807, 2.05) is 44.3 Å². The predicted octanol–water partition coefficient (Wildman–Crippen LogP) is 3.02. The van der Waals surface area contributed by atoms with Crippen molar-refractivity contribution in [1.82, 2.24) is 9.97 Å². The molecule has 284 valence electrons. The summed E-state index contributed by atoms with van der Waals surface area (Å²) in [6, 6.07) is 10.5. The molecule has 2 saturated heterocycles. The summed E-state index contributed by atoms with van der Waals surface area (Å²) < 4.78 is 24.6. The fourth-order valence-corrected chi connectivity index (χ4v) is 9.02. The fraction of sp³-hybridized carbons (Fsp3) is 0.390. The normalized spacial score (nSPS) is 27.3. The molecule has 9 rings (SSSR count). The average molecular weight is 748 g/mol.